The molecule has 0 radical (unpaired) electrons. The highest BCUT2D eigenvalue weighted by molar-refractivity contribution is 5.78. The lowest BCUT2D eigenvalue weighted by Crippen LogP contribution is -2.40. The van der Waals surface area contributed by atoms with Crippen molar-refractivity contribution in [3.05, 3.63) is 65.5 Å². The summed E-state index contributed by atoms with van der Waals surface area (Å²) in [5.41, 5.74) is 1.76. The van der Waals surface area contributed by atoms with E-state index < -0.39 is 0 Å². The van der Waals surface area contributed by atoms with Gasteiger partial charge >= 0.3 is 0 Å². The smallest absolute Gasteiger partial charge is 0.234 e. The van der Waals surface area contributed by atoms with E-state index >= 15 is 0 Å². The van der Waals surface area contributed by atoms with E-state index in [4.69, 9.17) is 4.74 Å². The molecule has 0 bridgehead atoms. The van der Waals surface area contributed by atoms with Crippen LogP contribution in [0.2, 0.25) is 0 Å². The number of amides is 1. The Balaban J connectivity index is 1.42. The quantitative estimate of drug-likeness (QED) is 0.885. The average Bonchev–Trinajstić information content (AvgIpc) is 2.98. The van der Waals surface area contributed by atoms with E-state index in [1.54, 1.807) is 30.1 Å². The Hall–Kier alpha value is -2.40. The minimum atomic E-state index is -0.248. The molecule has 3 rings (SSSR count). The van der Waals surface area contributed by atoms with Gasteiger partial charge in [0.15, 0.2) is 0 Å². The molecule has 2 aromatic rings. The number of nitrogens with one attached hydrogen (secondary N) is 1. The Kier molecular flexibility index (Phi) is 5.11. The first kappa shape index (κ1) is 16.5. The van der Waals surface area contributed by atoms with Crippen LogP contribution >= 0.6 is 0 Å². The number of carbonyl (C=O) groups excluding carboxylic acids is 1. The van der Waals surface area contributed by atoms with Crippen LogP contribution in [0.15, 0.2) is 48.5 Å². The van der Waals surface area contributed by atoms with Crippen LogP contribution in [0, 0.1) is 5.82 Å². The van der Waals surface area contributed by atoms with Gasteiger partial charge in [-0.05, 0) is 24.7 Å². The van der Waals surface area contributed by atoms with Crippen molar-refractivity contribution in [1.82, 2.24) is 10.2 Å². The third kappa shape index (κ3) is 4.11. The molecule has 1 amide bonds. The van der Waals surface area contributed by atoms with Crippen molar-refractivity contribution in [3.8, 4) is 5.75 Å². The van der Waals surface area contributed by atoms with Crippen LogP contribution in [-0.2, 0) is 17.8 Å². The highest BCUT2D eigenvalue weighted by Gasteiger charge is 2.22. The number of likely N-dealkylation sites (N-methyl/N-ethyl adjacent to an activating group) is 1. The zero-order valence-electron chi connectivity index (χ0n) is 13.7. The zero-order valence-corrected chi connectivity index (χ0v) is 13.7. The van der Waals surface area contributed by atoms with E-state index in [1.165, 1.54) is 11.6 Å². The van der Waals surface area contributed by atoms with Crippen molar-refractivity contribution in [1.29, 1.82) is 0 Å². The van der Waals surface area contributed by atoms with E-state index in [0.29, 0.717) is 18.7 Å². The topological polar surface area (TPSA) is 41.6 Å². The molecule has 1 aliphatic rings. The number of carbonyl (C=O) groups is 1. The van der Waals surface area contributed by atoms with Crippen molar-refractivity contribution in [2.75, 3.05) is 20.1 Å². The summed E-state index contributed by atoms with van der Waals surface area (Å²) in [5, 5.41) is 2.89. The molecule has 0 spiro atoms. The fourth-order valence-corrected chi connectivity index (χ4v) is 2.87. The second-order valence-electron chi connectivity index (χ2n) is 6.12. The summed E-state index contributed by atoms with van der Waals surface area (Å²) in [4.78, 5) is 13.8. The standard InChI is InChI=1S/C19H21FN2O2/c1-22(12-15-7-2-4-8-17(15)20)13-19(23)21-11-16-10-14-6-3-5-9-18(14)24-16/h2-9,16H,10-13H2,1H3,(H,21,23). The first-order valence-corrected chi connectivity index (χ1v) is 8.05. The van der Waals surface area contributed by atoms with Crippen LogP contribution in [0.1, 0.15) is 11.1 Å². The van der Waals surface area contributed by atoms with Crippen LogP contribution in [0.25, 0.3) is 0 Å². The van der Waals surface area contributed by atoms with Gasteiger partial charge < -0.3 is 10.1 Å². The second kappa shape index (κ2) is 7.45. The summed E-state index contributed by atoms with van der Waals surface area (Å²) in [6.45, 7) is 1.08. The number of halogens is 1. The lowest BCUT2D eigenvalue weighted by atomic mass is 10.1. The molecule has 1 N–H and O–H groups in total. The van der Waals surface area contributed by atoms with Crippen molar-refractivity contribution in [3.63, 3.8) is 0 Å². The van der Waals surface area contributed by atoms with Crippen molar-refractivity contribution in [2.45, 2.75) is 19.1 Å². The van der Waals surface area contributed by atoms with Gasteiger partial charge in [-0.2, -0.15) is 0 Å². The average molecular weight is 328 g/mol. The molecule has 0 saturated carbocycles. The van der Waals surface area contributed by atoms with Gasteiger partial charge in [0.25, 0.3) is 0 Å². The number of benzene rings is 2. The second-order valence-corrected chi connectivity index (χ2v) is 6.12. The summed E-state index contributed by atoms with van der Waals surface area (Å²) >= 11 is 0. The summed E-state index contributed by atoms with van der Waals surface area (Å²) in [5.74, 6) is 0.559. The Morgan fingerprint density at radius 1 is 1.25 bits per heavy atom. The number of hydrogen-bond donors (Lipinski definition) is 1. The van der Waals surface area contributed by atoms with Gasteiger partial charge in [-0.1, -0.05) is 36.4 Å². The fraction of sp³-hybridized carbons (Fsp3) is 0.316. The lowest BCUT2D eigenvalue weighted by molar-refractivity contribution is -0.122. The van der Waals surface area contributed by atoms with Gasteiger partial charge in [0.2, 0.25) is 5.91 Å². The first-order chi connectivity index (χ1) is 11.6. The number of nitrogens with zero attached hydrogens (tertiary/aromatic N) is 1. The highest BCUT2D eigenvalue weighted by atomic mass is 19.1. The van der Waals surface area contributed by atoms with Crippen molar-refractivity contribution >= 4 is 5.91 Å². The number of ether oxygens (including phenoxy) is 1. The monoisotopic (exact) mass is 328 g/mol. The van der Waals surface area contributed by atoms with E-state index in [-0.39, 0.29) is 24.4 Å². The van der Waals surface area contributed by atoms with Crippen LogP contribution in [0.3, 0.4) is 0 Å². The Labute approximate surface area is 141 Å². The predicted molar refractivity (Wildman–Crippen MR) is 90.3 cm³/mol. The summed E-state index contributed by atoms with van der Waals surface area (Å²) in [6.07, 6.45) is 0.782. The van der Waals surface area contributed by atoms with Gasteiger partial charge in [0.1, 0.15) is 17.7 Å². The molecule has 1 heterocycles. The van der Waals surface area contributed by atoms with Crippen molar-refractivity contribution in [2.24, 2.45) is 0 Å². The molecule has 0 aliphatic carbocycles. The van der Waals surface area contributed by atoms with Gasteiger partial charge in [-0.15, -0.1) is 0 Å². The van der Waals surface area contributed by atoms with E-state index in [9.17, 15) is 9.18 Å². The van der Waals surface area contributed by atoms with E-state index in [2.05, 4.69) is 5.32 Å². The Bertz CT molecular complexity index is 695. The van der Waals surface area contributed by atoms with Gasteiger partial charge in [-0.25, -0.2) is 4.39 Å². The maximum Gasteiger partial charge on any atom is 0.234 e. The molecule has 1 aliphatic heterocycles. The molecule has 126 valence electrons. The van der Waals surface area contributed by atoms with Gasteiger partial charge in [0, 0.05) is 18.5 Å². The molecule has 1 atom stereocenters. The predicted octanol–water partition coefficient (Wildman–Crippen LogP) is 2.38. The van der Waals surface area contributed by atoms with Crippen LogP contribution in [-0.4, -0.2) is 37.0 Å². The summed E-state index contributed by atoms with van der Waals surface area (Å²) < 4.78 is 19.4. The number of para-hydroxylation sites is 1. The zero-order chi connectivity index (χ0) is 16.9. The van der Waals surface area contributed by atoms with Crippen LogP contribution in [0.5, 0.6) is 5.75 Å². The highest BCUT2D eigenvalue weighted by Crippen LogP contribution is 2.27. The normalized spacial score (nSPS) is 15.9. The minimum absolute atomic E-state index is 0.0248. The van der Waals surface area contributed by atoms with Crippen LogP contribution < -0.4 is 10.1 Å². The molecule has 0 saturated heterocycles. The third-order valence-corrected chi connectivity index (χ3v) is 4.05. The molecular formula is C19H21FN2O2. The molecule has 5 heteroatoms. The lowest BCUT2D eigenvalue weighted by Gasteiger charge is -2.18. The van der Waals surface area contributed by atoms with E-state index in [1.807, 2.05) is 24.3 Å². The third-order valence-electron chi connectivity index (χ3n) is 4.05. The summed E-state index contributed by atoms with van der Waals surface area (Å²) in [6, 6.07) is 14.5. The minimum Gasteiger partial charge on any atom is -0.488 e. The largest absolute Gasteiger partial charge is 0.488 e. The molecule has 4 nitrogen and oxygen atoms in total. The molecular weight excluding hydrogens is 307 g/mol. The van der Waals surface area contributed by atoms with Gasteiger partial charge in [0.05, 0.1) is 13.1 Å². The molecule has 0 fully saturated rings. The number of rotatable bonds is 6. The summed E-state index contributed by atoms with van der Waals surface area (Å²) in [7, 11) is 1.80. The van der Waals surface area contributed by atoms with Crippen LogP contribution in [0.4, 0.5) is 4.39 Å². The van der Waals surface area contributed by atoms with E-state index in [0.717, 1.165) is 12.2 Å². The maximum atomic E-state index is 13.6. The van der Waals surface area contributed by atoms with Gasteiger partial charge in [-0.3, -0.25) is 9.69 Å². The SMILES string of the molecule is CN(CC(=O)NCC1Cc2ccccc2O1)Cc1ccccc1F. The molecule has 2 aromatic carbocycles. The van der Waals surface area contributed by atoms with Crippen molar-refractivity contribution < 1.29 is 13.9 Å². The Morgan fingerprint density at radius 2 is 2.00 bits per heavy atom. The Morgan fingerprint density at radius 3 is 2.79 bits per heavy atom. The maximum absolute atomic E-state index is 13.6. The molecule has 1 unspecified atom stereocenters. The molecule has 24 heavy (non-hydrogen) atoms. The fourth-order valence-electron chi connectivity index (χ4n) is 2.87. The first-order valence-electron chi connectivity index (χ1n) is 8.05. The molecule has 0 aromatic heterocycles. The number of hydrogen-bond acceptors (Lipinski definition) is 3. The number of fused-ring (bicyclic) bond motifs is 1.